The molecule has 1 aliphatic carbocycles. The largest absolute Gasteiger partial charge is 0.345 e. The summed E-state index contributed by atoms with van der Waals surface area (Å²) in [5.41, 5.74) is 2.87. The molecule has 0 saturated heterocycles. The van der Waals surface area contributed by atoms with Crippen molar-refractivity contribution in [1.82, 2.24) is 15.1 Å². The molecule has 134 valence electrons. The monoisotopic (exact) mass is 359 g/mol. The number of nitrogens with one attached hydrogen (secondary N) is 1. The van der Waals surface area contributed by atoms with E-state index in [1.807, 2.05) is 6.20 Å². The molecule has 1 aliphatic rings. The van der Waals surface area contributed by atoms with Crippen molar-refractivity contribution < 1.29 is 9.00 Å². The third-order valence-electron chi connectivity index (χ3n) is 4.57. The summed E-state index contributed by atoms with van der Waals surface area (Å²) < 4.78 is 13.5. The number of rotatable bonds is 3. The molecule has 0 radical (unpaired) electrons. The Kier molecular flexibility index (Phi) is 4.82. The molecule has 1 heterocycles. The SMILES string of the molecule is C[S@](=O)c1ccc(C(=O)N[C@@H]2CCCc3c2cnn3C(C)(C)C)cc1. The fraction of sp³-hybridized carbons (Fsp3) is 0.474. The van der Waals surface area contributed by atoms with Gasteiger partial charge in [0.15, 0.2) is 0 Å². The second kappa shape index (κ2) is 6.75. The zero-order chi connectivity index (χ0) is 18.2. The Labute approximate surface area is 151 Å². The summed E-state index contributed by atoms with van der Waals surface area (Å²) in [6, 6.07) is 6.94. The topological polar surface area (TPSA) is 64.0 Å². The van der Waals surface area contributed by atoms with Crippen LogP contribution in [0.15, 0.2) is 35.4 Å². The molecular weight excluding hydrogens is 334 g/mol. The second-order valence-electron chi connectivity index (χ2n) is 7.53. The number of hydrogen-bond donors (Lipinski definition) is 1. The van der Waals surface area contributed by atoms with Crippen LogP contribution in [0.1, 0.15) is 61.3 Å². The Bertz CT molecular complexity index is 803. The van der Waals surface area contributed by atoms with Crippen molar-refractivity contribution in [3.63, 3.8) is 0 Å². The van der Waals surface area contributed by atoms with Gasteiger partial charge in [0.2, 0.25) is 0 Å². The Hall–Kier alpha value is -1.95. The van der Waals surface area contributed by atoms with Crippen molar-refractivity contribution in [3.05, 3.63) is 47.3 Å². The Morgan fingerprint density at radius 3 is 2.56 bits per heavy atom. The van der Waals surface area contributed by atoms with Crippen LogP contribution in [-0.4, -0.2) is 26.2 Å². The Balaban J connectivity index is 1.79. The van der Waals surface area contributed by atoms with Gasteiger partial charge >= 0.3 is 0 Å². The van der Waals surface area contributed by atoms with Gasteiger partial charge in [0.05, 0.1) is 17.8 Å². The van der Waals surface area contributed by atoms with E-state index in [0.717, 1.165) is 29.7 Å². The highest BCUT2D eigenvalue weighted by molar-refractivity contribution is 7.84. The molecule has 0 unspecified atom stereocenters. The molecule has 1 N–H and O–H groups in total. The molecule has 0 saturated carbocycles. The maximum Gasteiger partial charge on any atom is 0.251 e. The van der Waals surface area contributed by atoms with Gasteiger partial charge in [-0.2, -0.15) is 5.10 Å². The van der Waals surface area contributed by atoms with E-state index in [0.29, 0.717) is 5.56 Å². The number of aromatic nitrogens is 2. The van der Waals surface area contributed by atoms with Gasteiger partial charge in [-0.1, -0.05) is 0 Å². The van der Waals surface area contributed by atoms with Crippen LogP contribution in [0.2, 0.25) is 0 Å². The van der Waals surface area contributed by atoms with Crippen molar-refractivity contribution >= 4 is 16.7 Å². The van der Waals surface area contributed by atoms with Crippen LogP contribution in [0.25, 0.3) is 0 Å². The molecule has 25 heavy (non-hydrogen) atoms. The molecule has 1 aromatic carbocycles. The molecule has 2 atom stereocenters. The second-order valence-corrected chi connectivity index (χ2v) is 8.91. The lowest BCUT2D eigenvalue weighted by molar-refractivity contribution is 0.0932. The third kappa shape index (κ3) is 3.68. The van der Waals surface area contributed by atoms with E-state index in [9.17, 15) is 9.00 Å². The van der Waals surface area contributed by atoms with Crippen LogP contribution in [0, 0.1) is 0 Å². The predicted octanol–water partition coefficient (Wildman–Crippen LogP) is 3.18. The summed E-state index contributed by atoms with van der Waals surface area (Å²) in [5.74, 6) is -0.102. The van der Waals surface area contributed by atoms with Gasteiger partial charge in [-0.25, -0.2) is 0 Å². The summed E-state index contributed by atoms with van der Waals surface area (Å²) in [7, 11) is -1.04. The zero-order valence-corrected chi connectivity index (χ0v) is 16.0. The average molecular weight is 359 g/mol. The van der Waals surface area contributed by atoms with Gasteiger partial charge in [0.25, 0.3) is 5.91 Å². The van der Waals surface area contributed by atoms with E-state index in [4.69, 9.17) is 0 Å². The minimum absolute atomic E-state index is 0.00710. The van der Waals surface area contributed by atoms with E-state index in [2.05, 4.69) is 35.9 Å². The number of carbonyl (C=O) groups excluding carboxylic acids is 1. The summed E-state index contributed by atoms with van der Waals surface area (Å²) >= 11 is 0. The first-order valence-corrected chi connectivity index (χ1v) is 10.1. The average Bonchev–Trinajstić information content (AvgIpc) is 3.00. The van der Waals surface area contributed by atoms with E-state index in [1.165, 1.54) is 5.69 Å². The normalized spacial score (nSPS) is 18.5. The van der Waals surface area contributed by atoms with Crippen molar-refractivity contribution in [1.29, 1.82) is 0 Å². The summed E-state index contributed by atoms with van der Waals surface area (Å²) in [5, 5.41) is 7.70. The lowest BCUT2D eigenvalue weighted by Crippen LogP contribution is -2.32. The lowest BCUT2D eigenvalue weighted by atomic mass is 9.92. The molecule has 5 nitrogen and oxygen atoms in total. The minimum atomic E-state index is -1.04. The maximum absolute atomic E-state index is 12.6. The van der Waals surface area contributed by atoms with E-state index in [1.54, 1.807) is 30.5 Å². The molecule has 0 spiro atoms. The highest BCUT2D eigenvalue weighted by atomic mass is 32.2. The minimum Gasteiger partial charge on any atom is -0.345 e. The van der Waals surface area contributed by atoms with Crippen LogP contribution in [0.4, 0.5) is 0 Å². The van der Waals surface area contributed by atoms with Gasteiger partial charge in [0.1, 0.15) is 0 Å². The standard InChI is InChI=1S/C19H25N3O2S/c1-19(2,3)22-17-7-5-6-16(15(17)12-20-22)21-18(23)13-8-10-14(11-9-13)25(4)24/h8-12,16H,5-7H2,1-4H3,(H,21,23)/t16-,25+/m1/s1. The molecule has 3 rings (SSSR count). The number of hydrogen-bond acceptors (Lipinski definition) is 3. The number of benzene rings is 1. The molecule has 6 heteroatoms. The molecule has 0 bridgehead atoms. The molecule has 0 aliphatic heterocycles. The third-order valence-corrected chi connectivity index (χ3v) is 5.51. The highest BCUT2D eigenvalue weighted by Crippen LogP contribution is 2.32. The van der Waals surface area contributed by atoms with Crippen molar-refractivity contribution in [3.8, 4) is 0 Å². The Morgan fingerprint density at radius 2 is 1.96 bits per heavy atom. The lowest BCUT2D eigenvalue weighted by Gasteiger charge is -2.28. The zero-order valence-electron chi connectivity index (χ0n) is 15.2. The van der Waals surface area contributed by atoms with E-state index in [-0.39, 0.29) is 17.5 Å². The van der Waals surface area contributed by atoms with Crippen LogP contribution >= 0.6 is 0 Å². The Morgan fingerprint density at radius 1 is 1.28 bits per heavy atom. The summed E-state index contributed by atoms with van der Waals surface area (Å²) in [6.45, 7) is 6.42. The van der Waals surface area contributed by atoms with Crippen molar-refractivity contribution in [2.45, 2.75) is 56.5 Å². The fourth-order valence-corrected chi connectivity index (χ4v) is 3.84. The molecule has 1 amide bonds. The van der Waals surface area contributed by atoms with Gasteiger partial charge in [-0.3, -0.25) is 13.7 Å². The van der Waals surface area contributed by atoms with Gasteiger partial charge in [0, 0.05) is 38.8 Å². The predicted molar refractivity (Wildman–Crippen MR) is 99.1 cm³/mol. The first kappa shape index (κ1) is 17.9. The highest BCUT2D eigenvalue weighted by Gasteiger charge is 2.29. The van der Waals surface area contributed by atoms with Gasteiger partial charge < -0.3 is 5.32 Å². The number of fused-ring (bicyclic) bond motifs is 1. The van der Waals surface area contributed by atoms with Gasteiger partial charge in [-0.15, -0.1) is 0 Å². The van der Waals surface area contributed by atoms with Crippen LogP contribution < -0.4 is 5.32 Å². The number of amides is 1. The molecule has 1 aromatic heterocycles. The fourth-order valence-electron chi connectivity index (χ4n) is 3.32. The smallest absolute Gasteiger partial charge is 0.251 e. The van der Waals surface area contributed by atoms with Crippen LogP contribution in [0.3, 0.4) is 0 Å². The number of nitrogens with zero attached hydrogens (tertiary/aromatic N) is 2. The maximum atomic E-state index is 12.6. The number of carbonyl (C=O) groups is 1. The van der Waals surface area contributed by atoms with Crippen LogP contribution in [-0.2, 0) is 22.8 Å². The van der Waals surface area contributed by atoms with Gasteiger partial charge in [-0.05, 0) is 64.3 Å². The molecule has 0 fully saturated rings. The first-order valence-electron chi connectivity index (χ1n) is 8.59. The van der Waals surface area contributed by atoms with Crippen molar-refractivity contribution in [2.75, 3.05) is 6.26 Å². The van der Waals surface area contributed by atoms with E-state index < -0.39 is 10.8 Å². The van der Waals surface area contributed by atoms with Crippen LogP contribution in [0.5, 0.6) is 0 Å². The molecule has 2 aromatic rings. The molecular formula is C19H25N3O2S. The van der Waals surface area contributed by atoms with E-state index >= 15 is 0 Å². The quantitative estimate of drug-likeness (QED) is 0.915. The first-order chi connectivity index (χ1) is 11.8. The van der Waals surface area contributed by atoms with Crippen molar-refractivity contribution in [2.24, 2.45) is 0 Å². The summed E-state index contributed by atoms with van der Waals surface area (Å²) in [6.07, 6.45) is 6.48. The summed E-state index contributed by atoms with van der Waals surface area (Å²) in [4.78, 5) is 13.3.